The van der Waals surface area contributed by atoms with E-state index in [1.165, 1.54) is 23.9 Å². The first kappa shape index (κ1) is 12.3. The lowest BCUT2D eigenvalue weighted by Crippen LogP contribution is -2.07. The van der Waals surface area contributed by atoms with E-state index in [1.807, 2.05) is 6.26 Å². The van der Waals surface area contributed by atoms with E-state index < -0.39 is 11.8 Å². The fourth-order valence-electron chi connectivity index (χ4n) is 1.04. The second-order valence-corrected chi connectivity index (χ2v) is 3.98. The summed E-state index contributed by atoms with van der Waals surface area (Å²) in [5.74, 6) is -1.42. The van der Waals surface area contributed by atoms with Crippen LogP contribution in [0.3, 0.4) is 0 Å². The van der Waals surface area contributed by atoms with Crippen LogP contribution in [0.1, 0.15) is 17.3 Å². The first-order valence-electron chi connectivity index (χ1n) is 4.30. The third kappa shape index (κ3) is 2.86. The third-order valence-corrected chi connectivity index (χ3v) is 2.71. The van der Waals surface area contributed by atoms with Crippen molar-refractivity contribution >= 4 is 29.3 Å². The summed E-state index contributed by atoms with van der Waals surface area (Å²) in [6.07, 6.45) is 1.82. The zero-order valence-electron chi connectivity index (χ0n) is 8.34. The Hall–Kier alpha value is -0.740. The Kier molecular flexibility index (Phi) is 4.42. The molecule has 0 aliphatic carbocycles. The molecular weight excluding hydrogens is 239 g/mol. The minimum absolute atomic E-state index is 0.0649. The standard InChI is InChI=1S/C10H10ClFO2S/c1-3-14-10(13)7-4-6(15-2)5-8(11)9(7)12/h4-5H,3H2,1-2H3. The Bertz CT molecular complexity index is 382. The second kappa shape index (κ2) is 5.37. The molecule has 1 aromatic carbocycles. The normalized spacial score (nSPS) is 10.1. The highest BCUT2D eigenvalue weighted by molar-refractivity contribution is 7.98. The number of hydrogen-bond acceptors (Lipinski definition) is 3. The van der Waals surface area contributed by atoms with Crippen LogP contribution in [0.2, 0.25) is 5.02 Å². The summed E-state index contributed by atoms with van der Waals surface area (Å²) >= 11 is 7.03. The van der Waals surface area contributed by atoms with Gasteiger partial charge in [0, 0.05) is 4.90 Å². The SMILES string of the molecule is CCOC(=O)c1cc(SC)cc(Cl)c1F. The molecule has 0 fully saturated rings. The van der Waals surface area contributed by atoms with Crippen LogP contribution in [0.15, 0.2) is 17.0 Å². The number of rotatable bonds is 3. The lowest BCUT2D eigenvalue weighted by atomic mass is 10.2. The van der Waals surface area contributed by atoms with Crippen molar-refractivity contribution < 1.29 is 13.9 Å². The maximum Gasteiger partial charge on any atom is 0.341 e. The van der Waals surface area contributed by atoms with Gasteiger partial charge in [-0.1, -0.05) is 11.6 Å². The molecule has 0 atom stereocenters. The zero-order valence-corrected chi connectivity index (χ0v) is 9.91. The molecule has 0 heterocycles. The molecule has 2 nitrogen and oxygen atoms in total. The highest BCUT2D eigenvalue weighted by Gasteiger charge is 2.16. The van der Waals surface area contributed by atoms with Crippen LogP contribution in [0.25, 0.3) is 0 Å². The lowest BCUT2D eigenvalue weighted by Gasteiger charge is -2.06. The molecule has 0 aliphatic heterocycles. The topological polar surface area (TPSA) is 26.3 Å². The maximum absolute atomic E-state index is 13.4. The van der Waals surface area contributed by atoms with E-state index in [1.54, 1.807) is 6.92 Å². The van der Waals surface area contributed by atoms with Crippen molar-refractivity contribution in [1.82, 2.24) is 0 Å². The largest absolute Gasteiger partial charge is 0.462 e. The molecule has 0 radical (unpaired) electrons. The number of ether oxygens (including phenoxy) is 1. The number of hydrogen-bond donors (Lipinski definition) is 0. The van der Waals surface area contributed by atoms with Crippen LogP contribution in [-0.2, 0) is 4.74 Å². The van der Waals surface area contributed by atoms with Crippen molar-refractivity contribution in [3.05, 3.63) is 28.5 Å². The average Bonchev–Trinajstić information content (AvgIpc) is 2.22. The average molecular weight is 249 g/mol. The van der Waals surface area contributed by atoms with E-state index in [-0.39, 0.29) is 17.2 Å². The van der Waals surface area contributed by atoms with Crippen LogP contribution in [-0.4, -0.2) is 18.8 Å². The molecule has 0 N–H and O–H groups in total. The number of halogens is 2. The summed E-state index contributed by atoms with van der Waals surface area (Å²) in [6.45, 7) is 1.87. The molecule has 0 bridgehead atoms. The van der Waals surface area contributed by atoms with Gasteiger partial charge >= 0.3 is 5.97 Å². The van der Waals surface area contributed by atoms with Gasteiger partial charge in [-0.15, -0.1) is 11.8 Å². The summed E-state index contributed by atoms with van der Waals surface area (Å²) < 4.78 is 18.2. The van der Waals surface area contributed by atoms with E-state index >= 15 is 0 Å². The highest BCUT2D eigenvalue weighted by Crippen LogP contribution is 2.26. The molecule has 5 heteroatoms. The van der Waals surface area contributed by atoms with E-state index in [0.29, 0.717) is 0 Å². The number of thioether (sulfide) groups is 1. The second-order valence-electron chi connectivity index (χ2n) is 2.69. The van der Waals surface area contributed by atoms with Gasteiger partial charge in [-0.25, -0.2) is 9.18 Å². The Morgan fingerprint density at radius 1 is 1.60 bits per heavy atom. The van der Waals surface area contributed by atoms with Gasteiger partial charge < -0.3 is 4.74 Å². The molecule has 0 aliphatic rings. The Morgan fingerprint density at radius 2 is 2.27 bits per heavy atom. The minimum atomic E-state index is -0.729. The van der Waals surface area contributed by atoms with Gasteiger partial charge in [0.25, 0.3) is 0 Å². The van der Waals surface area contributed by atoms with E-state index in [4.69, 9.17) is 16.3 Å². The van der Waals surface area contributed by atoms with Gasteiger partial charge in [0.15, 0.2) is 5.82 Å². The highest BCUT2D eigenvalue weighted by atomic mass is 35.5. The van der Waals surface area contributed by atoms with Gasteiger partial charge in [0.1, 0.15) is 0 Å². The lowest BCUT2D eigenvalue weighted by molar-refractivity contribution is 0.0520. The van der Waals surface area contributed by atoms with Crippen LogP contribution in [0.5, 0.6) is 0 Å². The van der Waals surface area contributed by atoms with Crippen LogP contribution in [0, 0.1) is 5.82 Å². The Morgan fingerprint density at radius 3 is 2.80 bits per heavy atom. The number of carbonyl (C=O) groups is 1. The van der Waals surface area contributed by atoms with Gasteiger partial charge in [-0.3, -0.25) is 0 Å². The Labute approximate surface area is 96.8 Å². The van der Waals surface area contributed by atoms with Crippen molar-refractivity contribution in [2.45, 2.75) is 11.8 Å². The minimum Gasteiger partial charge on any atom is -0.462 e. The smallest absolute Gasteiger partial charge is 0.341 e. The molecule has 0 saturated carbocycles. The third-order valence-electron chi connectivity index (χ3n) is 1.73. The number of esters is 1. The van der Waals surface area contributed by atoms with Crippen LogP contribution in [0.4, 0.5) is 4.39 Å². The molecule has 0 aromatic heterocycles. The Balaban J connectivity index is 3.15. The zero-order chi connectivity index (χ0) is 11.4. The van der Waals surface area contributed by atoms with Crippen molar-refractivity contribution in [3.8, 4) is 0 Å². The molecule has 0 amide bonds. The van der Waals surface area contributed by atoms with E-state index in [9.17, 15) is 9.18 Å². The van der Waals surface area contributed by atoms with Gasteiger partial charge in [0.05, 0.1) is 17.2 Å². The molecule has 0 saturated heterocycles. The summed E-state index contributed by atoms with van der Waals surface area (Å²) in [4.78, 5) is 12.1. The first-order chi connectivity index (χ1) is 7.10. The van der Waals surface area contributed by atoms with Crippen molar-refractivity contribution in [3.63, 3.8) is 0 Å². The quantitative estimate of drug-likeness (QED) is 0.606. The fourth-order valence-corrected chi connectivity index (χ4v) is 1.79. The molecule has 1 rings (SSSR count). The van der Waals surface area contributed by atoms with E-state index in [0.717, 1.165) is 4.90 Å². The summed E-state index contributed by atoms with van der Waals surface area (Å²) in [7, 11) is 0. The predicted octanol–water partition coefficient (Wildman–Crippen LogP) is 3.38. The van der Waals surface area contributed by atoms with E-state index in [2.05, 4.69) is 0 Å². The van der Waals surface area contributed by atoms with Gasteiger partial charge in [0.2, 0.25) is 0 Å². The van der Waals surface area contributed by atoms with Crippen molar-refractivity contribution in [2.24, 2.45) is 0 Å². The van der Waals surface area contributed by atoms with Gasteiger partial charge in [-0.05, 0) is 25.3 Å². The van der Waals surface area contributed by atoms with Crippen molar-refractivity contribution in [2.75, 3.05) is 12.9 Å². The summed E-state index contributed by atoms with van der Waals surface area (Å²) in [5, 5.41) is -0.0649. The van der Waals surface area contributed by atoms with Crippen LogP contribution >= 0.6 is 23.4 Å². The number of benzene rings is 1. The molecule has 1 aromatic rings. The van der Waals surface area contributed by atoms with Crippen molar-refractivity contribution in [1.29, 1.82) is 0 Å². The maximum atomic E-state index is 13.4. The fraction of sp³-hybridized carbons (Fsp3) is 0.300. The molecule has 0 spiro atoms. The first-order valence-corrected chi connectivity index (χ1v) is 5.90. The molecule has 82 valence electrons. The molecule has 0 unspecified atom stereocenters. The van der Waals surface area contributed by atoms with Crippen LogP contribution < -0.4 is 0 Å². The molecular formula is C10H10ClFO2S. The summed E-state index contributed by atoms with van der Waals surface area (Å²) in [5.41, 5.74) is -0.117. The predicted molar refractivity (Wildman–Crippen MR) is 59.1 cm³/mol. The van der Waals surface area contributed by atoms with Gasteiger partial charge in [-0.2, -0.15) is 0 Å². The summed E-state index contributed by atoms with van der Waals surface area (Å²) in [6, 6.07) is 2.91. The molecule has 15 heavy (non-hydrogen) atoms. The number of carbonyl (C=O) groups excluding carboxylic acids is 1. The monoisotopic (exact) mass is 248 g/mol.